The highest BCUT2D eigenvalue weighted by Crippen LogP contribution is 2.24. The zero-order chi connectivity index (χ0) is 71.6. The number of aromatic amines is 2. The number of rotatable bonds is 39. The molecule has 0 spiro atoms. The average Bonchev–Trinajstić information content (AvgIpc) is 1.61. The van der Waals surface area contributed by atoms with Gasteiger partial charge >= 0.3 is 17.9 Å². The molecule has 2 aromatic carbocycles. The van der Waals surface area contributed by atoms with Crippen LogP contribution in [0.2, 0.25) is 0 Å². The van der Waals surface area contributed by atoms with Crippen molar-refractivity contribution in [2.45, 2.75) is 164 Å². The molecule has 6 rings (SSSR count). The zero-order valence-corrected chi connectivity index (χ0v) is 54.4. The number of nitrogens with one attached hydrogen (secondary N) is 11. The van der Waals surface area contributed by atoms with Gasteiger partial charge in [0.15, 0.2) is 0 Å². The molecule has 0 saturated carbocycles. The van der Waals surface area contributed by atoms with Crippen molar-refractivity contribution < 1.29 is 87.5 Å². The fourth-order valence-corrected chi connectivity index (χ4v) is 11.4. The van der Waals surface area contributed by atoms with Gasteiger partial charge in [-0.3, -0.25) is 62.3 Å². The van der Waals surface area contributed by atoms with E-state index in [1.807, 2.05) is 18.2 Å². The van der Waals surface area contributed by atoms with Gasteiger partial charge in [-0.15, -0.1) is 0 Å². The van der Waals surface area contributed by atoms with Crippen LogP contribution in [0.25, 0.3) is 10.9 Å². The number of amides is 11. The third-order valence-corrected chi connectivity index (χ3v) is 17.0. The van der Waals surface area contributed by atoms with Crippen LogP contribution < -0.4 is 59.3 Å². The molecule has 0 unspecified atom stereocenters. The number of para-hydroxylation sites is 1. The molecule has 34 heteroatoms. The lowest BCUT2D eigenvalue weighted by Gasteiger charge is -2.32. The fourth-order valence-electron chi connectivity index (χ4n) is 11.4. The van der Waals surface area contributed by atoms with Gasteiger partial charge in [0, 0.05) is 55.6 Å². The summed E-state index contributed by atoms with van der Waals surface area (Å²) in [6.45, 7) is 1.28. The maximum atomic E-state index is 14.6. The first kappa shape index (κ1) is 76.7. The number of fused-ring (bicyclic) bond motifs is 1. The van der Waals surface area contributed by atoms with Crippen LogP contribution in [0, 0.1) is 5.92 Å². The number of carboxylic acid groups (broad SMARTS) is 3. The van der Waals surface area contributed by atoms with Crippen LogP contribution in [0.3, 0.4) is 0 Å². The fraction of sp³-hybridized carbons (Fsp3) is 0.516. The van der Waals surface area contributed by atoms with Gasteiger partial charge < -0.3 is 99.5 Å². The van der Waals surface area contributed by atoms with Crippen LogP contribution in [0.1, 0.15) is 101 Å². The molecule has 0 radical (unpaired) electrons. The predicted octanol–water partition coefficient (Wildman–Crippen LogP) is -3.55. The van der Waals surface area contributed by atoms with Crippen molar-refractivity contribution in [3.8, 4) is 0 Å². The lowest BCUT2D eigenvalue weighted by molar-refractivity contribution is -0.144. The van der Waals surface area contributed by atoms with E-state index in [2.05, 4.69) is 62.8 Å². The van der Waals surface area contributed by atoms with E-state index in [-0.39, 0.29) is 63.7 Å². The first-order chi connectivity index (χ1) is 46.8. The standard InChI is InChI=1S/C64H88N16O18/c1-3-35(2)54(78-59(92)45(27-38-30-67-34-71-38)76-56(89)42(20-21-52(84)85)74-58(91)46(28-53(86)87)72-50(82)31-69-55(88)40(66)26-37-29-68-41-16-8-7-15-39(37)41)63(96)80-24-11-18-48(80)60(93)70-32-51(83)73-47(33-81)62(95)79-23-12-19-49(79)61(94)77-44(25-36-13-5-4-6-14-36)57(90)75-43(64(97)98)17-9-10-22-65/h4-8,13-16,29-30,34-35,40,42-49,54,68,81H,3,9-12,17-28,31-33,65-66H2,1-2H3,(H,67,71)(H,69,88)(H,70,93)(H,72,82)(H,73,83)(H,74,91)(H,75,90)(H,76,89)(H,77,94)(H,78,92)(H,84,85)(H,86,87)(H,97,98)/t35-,40-,42-,43-,44-,45-,46-,47-,48-,49-,54-/m0/s1. The summed E-state index contributed by atoms with van der Waals surface area (Å²) in [4.78, 5) is 200. The second-order valence-corrected chi connectivity index (χ2v) is 24.1. The SMILES string of the molecule is CC[C@H](C)[C@H](NC(=O)[C@H](Cc1c[nH]cn1)NC(=O)[C@H](CCC(=O)O)NC(=O)[C@H](CC(=O)O)NC(=O)CNC(=O)[C@@H](N)Cc1c[nH]c2ccccc12)C(=O)N1CCC[C@H]1C(=O)NCC(=O)N[C@@H](CO)C(=O)N1CCC[C@H]1C(=O)N[C@@H](Cc1ccccc1)C(=O)N[C@@H](CCCCN)C(=O)O. The Balaban J connectivity index is 1.07. The van der Waals surface area contributed by atoms with Crippen molar-refractivity contribution >= 4 is 93.8 Å². The van der Waals surface area contributed by atoms with Crippen LogP contribution >= 0.6 is 0 Å². The second-order valence-electron chi connectivity index (χ2n) is 24.1. The number of aliphatic hydroxyl groups is 1. The van der Waals surface area contributed by atoms with Gasteiger partial charge in [-0.2, -0.15) is 0 Å². The lowest BCUT2D eigenvalue weighted by Crippen LogP contribution is -2.61. The van der Waals surface area contributed by atoms with Crippen molar-refractivity contribution in [3.63, 3.8) is 0 Å². The molecule has 4 heterocycles. The summed E-state index contributed by atoms with van der Waals surface area (Å²) in [5, 5.41) is 62.4. The van der Waals surface area contributed by atoms with Crippen molar-refractivity contribution in [2.24, 2.45) is 17.4 Å². The Morgan fingerprint density at radius 3 is 1.84 bits per heavy atom. The molecule has 532 valence electrons. The van der Waals surface area contributed by atoms with Crippen molar-refractivity contribution in [2.75, 3.05) is 39.3 Å². The van der Waals surface area contributed by atoms with E-state index in [0.29, 0.717) is 37.8 Å². The maximum Gasteiger partial charge on any atom is 0.326 e. The summed E-state index contributed by atoms with van der Waals surface area (Å²) in [5.74, 6) is -14.9. The summed E-state index contributed by atoms with van der Waals surface area (Å²) in [5.41, 5.74) is 14.1. The maximum absolute atomic E-state index is 14.6. The topological polar surface area (TPSA) is 531 Å². The van der Waals surface area contributed by atoms with E-state index < -0.39 is 188 Å². The highest BCUT2D eigenvalue weighted by atomic mass is 16.4. The molecule has 0 bridgehead atoms. The molecule has 34 nitrogen and oxygen atoms in total. The lowest BCUT2D eigenvalue weighted by atomic mass is 9.96. The van der Waals surface area contributed by atoms with Gasteiger partial charge in [-0.25, -0.2) is 9.78 Å². The normalized spacial score (nSPS) is 17.0. The summed E-state index contributed by atoms with van der Waals surface area (Å²) >= 11 is 0. The minimum absolute atomic E-state index is 0.0182. The quantitative estimate of drug-likeness (QED) is 0.0192. The first-order valence-electron chi connectivity index (χ1n) is 32.4. The number of benzene rings is 2. The molecule has 11 amide bonds. The monoisotopic (exact) mass is 1370 g/mol. The zero-order valence-electron chi connectivity index (χ0n) is 54.4. The Morgan fingerprint density at radius 2 is 1.20 bits per heavy atom. The Hall–Kier alpha value is -10.4. The Kier molecular flexibility index (Phi) is 29.6. The molecule has 2 aromatic heterocycles. The van der Waals surface area contributed by atoms with Crippen LogP contribution in [0.15, 0.2) is 73.3 Å². The van der Waals surface area contributed by atoms with Gasteiger partial charge in [0.25, 0.3) is 0 Å². The highest BCUT2D eigenvalue weighted by Gasteiger charge is 2.43. The molecule has 2 aliphatic rings. The number of carbonyl (C=O) groups is 14. The average molecular weight is 1370 g/mol. The van der Waals surface area contributed by atoms with E-state index in [1.54, 1.807) is 56.4 Å². The molecule has 4 aromatic rings. The number of hydrogen-bond acceptors (Lipinski definition) is 18. The summed E-state index contributed by atoms with van der Waals surface area (Å²) in [6.07, 6.45) is 3.83. The number of hydrogen-bond donors (Lipinski definition) is 17. The number of carbonyl (C=O) groups excluding carboxylic acids is 11. The van der Waals surface area contributed by atoms with Crippen LogP contribution in [-0.2, 0) is 86.4 Å². The summed E-state index contributed by atoms with van der Waals surface area (Å²) in [7, 11) is 0. The van der Waals surface area contributed by atoms with Gasteiger partial charge in [0.2, 0.25) is 65.0 Å². The number of imidazole rings is 1. The third-order valence-electron chi connectivity index (χ3n) is 17.0. The van der Waals surface area contributed by atoms with E-state index in [9.17, 15) is 87.5 Å². The van der Waals surface area contributed by atoms with E-state index in [4.69, 9.17) is 11.5 Å². The predicted molar refractivity (Wildman–Crippen MR) is 348 cm³/mol. The van der Waals surface area contributed by atoms with Gasteiger partial charge in [0.1, 0.15) is 54.4 Å². The molecular formula is C64H88N16O18. The molecule has 2 aliphatic heterocycles. The number of aromatic nitrogens is 3. The van der Waals surface area contributed by atoms with Crippen molar-refractivity contribution in [3.05, 3.63) is 90.1 Å². The number of nitrogens with two attached hydrogens (primary N) is 2. The highest BCUT2D eigenvalue weighted by molar-refractivity contribution is 6.00. The summed E-state index contributed by atoms with van der Waals surface area (Å²) in [6, 6.07) is 1.61. The van der Waals surface area contributed by atoms with Gasteiger partial charge in [-0.1, -0.05) is 68.8 Å². The number of H-pyrrole nitrogens is 2. The Bertz CT molecular complexity index is 3460. The van der Waals surface area contributed by atoms with Gasteiger partial charge in [0.05, 0.1) is 44.2 Å². The first-order valence-corrected chi connectivity index (χ1v) is 32.4. The third kappa shape index (κ3) is 22.6. The van der Waals surface area contributed by atoms with E-state index in [1.165, 1.54) is 17.4 Å². The number of carboxylic acids is 3. The molecule has 2 fully saturated rings. The van der Waals surface area contributed by atoms with Crippen LogP contribution in [0.5, 0.6) is 0 Å². The van der Waals surface area contributed by atoms with Crippen LogP contribution in [0.4, 0.5) is 0 Å². The number of unbranched alkanes of at least 4 members (excludes halogenated alkanes) is 1. The minimum Gasteiger partial charge on any atom is -0.481 e. The molecule has 98 heavy (non-hydrogen) atoms. The minimum atomic E-state index is -1.89. The van der Waals surface area contributed by atoms with Crippen molar-refractivity contribution in [1.29, 1.82) is 0 Å². The molecular weight excluding hydrogens is 1280 g/mol. The Labute approximate surface area is 563 Å². The molecule has 19 N–H and O–H groups in total. The Morgan fingerprint density at radius 1 is 0.612 bits per heavy atom. The number of likely N-dealkylation sites (tertiary alicyclic amines) is 2. The summed E-state index contributed by atoms with van der Waals surface area (Å²) < 4.78 is 0. The van der Waals surface area contributed by atoms with Crippen molar-refractivity contribution in [1.82, 2.24) is 72.6 Å². The largest absolute Gasteiger partial charge is 0.481 e. The number of aliphatic carboxylic acids is 3. The molecule has 2 saturated heterocycles. The van der Waals surface area contributed by atoms with Gasteiger partial charge in [-0.05, 0) is 87.4 Å². The molecule has 0 aliphatic carbocycles. The van der Waals surface area contributed by atoms with E-state index >= 15 is 0 Å². The smallest absolute Gasteiger partial charge is 0.326 e. The number of nitrogens with zero attached hydrogens (tertiary/aromatic N) is 3. The van der Waals surface area contributed by atoms with Crippen LogP contribution in [-0.4, -0.2) is 228 Å². The second kappa shape index (κ2) is 37.8. The molecule has 11 atom stereocenters. The van der Waals surface area contributed by atoms with E-state index in [0.717, 1.165) is 21.4 Å². The number of aliphatic hydroxyl groups excluding tert-OH is 1.